The van der Waals surface area contributed by atoms with Gasteiger partial charge in [-0.15, -0.1) is 0 Å². The molecule has 0 aromatic heterocycles. The zero-order valence-electron chi connectivity index (χ0n) is 13.1. The van der Waals surface area contributed by atoms with Gasteiger partial charge in [0.15, 0.2) is 0 Å². The highest BCUT2D eigenvalue weighted by atomic mass is 16.2. The van der Waals surface area contributed by atoms with Crippen molar-refractivity contribution in [2.45, 2.75) is 32.2 Å². The largest absolute Gasteiger partial charge is 0.352 e. The van der Waals surface area contributed by atoms with E-state index in [0.29, 0.717) is 30.9 Å². The summed E-state index contributed by atoms with van der Waals surface area (Å²) in [5.41, 5.74) is 0.647. The number of benzene rings is 1. The third-order valence-electron chi connectivity index (χ3n) is 4.08. The van der Waals surface area contributed by atoms with Crippen molar-refractivity contribution in [3.63, 3.8) is 0 Å². The predicted molar refractivity (Wildman–Crippen MR) is 86.6 cm³/mol. The normalized spacial score (nSPS) is 21.1. The van der Waals surface area contributed by atoms with Crippen LogP contribution in [0.2, 0.25) is 0 Å². The van der Waals surface area contributed by atoms with E-state index >= 15 is 0 Å². The fourth-order valence-electron chi connectivity index (χ4n) is 2.60. The van der Waals surface area contributed by atoms with Gasteiger partial charge >= 0.3 is 0 Å². The first-order valence-electron chi connectivity index (χ1n) is 8.00. The third kappa shape index (κ3) is 5.15. The zero-order chi connectivity index (χ0) is 15.8. The third-order valence-corrected chi connectivity index (χ3v) is 4.08. The molecule has 1 heterocycles. The Hall–Kier alpha value is -1.88. The second-order valence-corrected chi connectivity index (χ2v) is 5.87. The number of hydrogen-bond acceptors (Lipinski definition) is 3. The van der Waals surface area contributed by atoms with E-state index in [9.17, 15) is 9.59 Å². The van der Waals surface area contributed by atoms with Crippen molar-refractivity contribution < 1.29 is 9.59 Å². The molecular weight excluding hydrogens is 278 g/mol. The second-order valence-electron chi connectivity index (χ2n) is 5.87. The maximum Gasteiger partial charge on any atom is 0.251 e. The van der Waals surface area contributed by atoms with Crippen molar-refractivity contribution in [2.75, 3.05) is 19.6 Å². The Kier molecular flexibility index (Phi) is 6.40. The zero-order valence-corrected chi connectivity index (χ0v) is 13.1. The molecule has 22 heavy (non-hydrogen) atoms. The first kappa shape index (κ1) is 16.5. The lowest BCUT2D eigenvalue weighted by Crippen LogP contribution is -2.50. The van der Waals surface area contributed by atoms with Crippen molar-refractivity contribution in [1.29, 1.82) is 0 Å². The van der Waals surface area contributed by atoms with Gasteiger partial charge in [0, 0.05) is 31.1 Å². The van der Waals surface area contributed by atoms with Crippen LogP contribution in [0.1, 0.15) is 36.5 Å². The summed E-state index contributed by atoms with van der Waals surface area (Å²) >= 11 is 0. The average molecular weight is 303 g/mol. The molecule has 120 valence electrons. The van der Waals surface area contributed by atoms with E-state index in [4.69, 9.17) is 0 Å². The molecule has 3 N–H and O–H groups in total. The summed E-state index contributed by atoms with van der Waals surface area (Å²) < 4.78 is 0. The SMILES string of the molecule is CC1CCNCC1NC(=O)CCCNC(=O)c1ccccc1. The maximum absolute atomic E-state index is 11.9. The fourth-order valence-corrected chi connectivity index (χ4v) is 2.60. The molecule has 1 fully saturated rings. The summed E-state index contributed by atoms with van der Waals surface area (Å²) in [6, 6.07) is 9.32. The number of amides is 2. The Balaban J connectivity index is 1.62. The van der Waals surface area contributed by atoms with Gasteiger partial charge in [0.25, 0.3) is 5.91 Å². The van der Waals surface area contributed by atoms with Crippen molar-refractivity contribution in [3.05, 3.63) is 35.9 Å². The molecule has 2 amide bonds. The van der Waals surface area contributed by atoms with E-state index < -0.39 is 0 Å². The van der Waals surface area contributed by atoms with E-state index in [1.54, 1.807) is 12.1 Å². The van der Waals surface area contributed by atoms with Crippen LogP contribution in [0, 0.1) is 5.92 Å². The highest BCUT2D eigenvalue weighted by Gasteiger charge is 2.22. The van der Waals surface area contributed by atoms with Gasteiger partial charge < -0.3 is 16.0 Å². The van der Waals surface area contributed by atoms with E-state index in [1.165, 1.54) is 0 Å². The smallest absolute Gasteiger partial charge is 0.251 e. The number of piperidine rings is 1. The highest BCUT2D eigenvalue weighted by Crippen LogP contribution is 2.11. The molecule has 1 saturated heterocycles. The topological polar surface area (TPSA) is 70.2 Å². The Morgan fingerprint density at radius 3 is 2.77 bits per heavy atom. The van der Waals surface area contributed by atoms with Crippen LogP contribution in [0.3, 0.4) is 0 Å². The van der Waals surface area contributed by atoms with E-state index in [-0.39, 0.29) is 17.9 Å². The minimum absolute atomic E-state index is 0.0644. The number of carbonyl (C=O) groups is 2. The van der Waals surface area contributed by atoms with Crippen LogP contribution in [0.15, 0.2) is 30.3 Å². The number of hydrogen-bond donors (Lipinski definition) is 3. The monoisotopic (exact) mass is 303 g/mol. The van der Waals surface area contributed by atoms with Crippen LogP contribution < -0.4 is 16.0 Å². The first-order valence-corrected chi connectivity index (χ1v) is 8.00. The van der Waals surface area contributed by atoms with Crippen LogP contribution in [0.4, 0.5) is 0 Å². The lowest BCUT2D eigenvalue weighted by Gasteiger charge is -2.30. The average Bonchev–Trinajstić information content (AvgIpc) is 2.54. The quantitative estimate of drug-likeness (QED) is 0.694. The van der Waals surface area contributed by atoms with Crippen LogP contribution in [-0.2, 0) is 4.79 Å². The summed E-state index contributed by atoms with van der Waals surface area (Å²) in [5.74, 6) is 0.489. The molecule has 0 saturated carbocycles. The van der Waals surface area contributed by atoms with Crippen LogP contribution in [0.5, 0.6) is 0 Å². The summed E-state index contributed by atoms with van der Waals surface area (Å²) in [6.07, 6.45) is 2.19. The number of rotatable bonds is 6. The maximum atomic E-state index is 11.9. The molecule has 0 radical (unpaired) electrons. The first-order chi connectivity index (χ1) is 10.7. The highest BCUT2D eigenvalue weighted by molar-refractivity contribution is 5.94. The van der Waals surface area contributed by atoms with E-state index in [1.807, 2.05) is 18.2 Å². The van der Waals surface area contributed by atoms with Crippen molar-refractivity contribution in [3.8, 4) is 0 Å². The summed E-state index contributed by atoms with van der Waals surface area (Å²) in [6.45, 7) is 4.56. The molecule has 0 aliphatic carbocycles. The lowest BCUT2D eigenvalue weighted by molar-refractivity contribution is -0.122. The molecule has 5 nitrogen and oxygen atoms in total. The van der Waals surface area contributed by atoms with E-state index in [0.717, 1.165) is 19.5 Å². The van der Waals surface area contributed by atoms with Gasteiger partial charge in [0.1, 0.15) is 0 Å². The summed E-state index contributed by atoms with van der Waals surface area (Å²) in [5, 5.41) is 9.21. The van der Waals surface area contributed by atoms with Gasteiger partial charge in [-0.25, -0.2) is 0 Å². The molecular formula is C17H25N3O2. The molecule has 2 unspecified atom stereocenters. The fraction of sp³-hybridized carbons (Fsp3) is 0.529. The van der Waals surface area contributed by atoms with Gasteiger partial charge in [0.05, 0.1) is 0 Å². The molecule has 0 bridgehead atoms. The van der Waals surface area contributed by atoms with Crippen LogP contribution >= 0.6 is 0 Å². The molecule has 1 aliphatic heterocycles. The lowest BCUT2D eigenvalue weighted by atomic mass is 9.95. The Morgan fingerprint density at radius 2 is 2.05 bits per heavy atom. The van der Waals surface area contributed by atoms with Crippen molar-refractivity contribution in [1.82, 2.24) is 16.0 Å². The molecule has 0 spiro atoms. The Bertz CT molecular complexity index is 490. The minimum atomic E-state index is -0.0916. The molecule has 1 aromatic carbocycles. The Labute approximate surface area is 131 Å². The standard InChI is InChI=1S/C17H25N3O2/c1-13-9-11-18-12-15(13)20-16(21)8-5-10-19-17(22)14-6-3-2-4-7-14/h2-4,6-7,13,15,18H,5,8-12H2,1H3,(H,19,22)(H,20,21). The minimum Gasteiger partial charge on any atom is -0.352 e. The van der Waals surface area contributed by atoms with Gasteiger partial charge in [-0.2, -0.15) is 0 Å². The van der Waals surface area contributed by atoms with Gasteiger partial charge in [-0.3, -0.25) is 9.59 Å². The molecule has 5 heteroatoms. The molecule has 2 rings (SSSR count). The molecule has 2 atom stereocenters. The summed E-state index contributed by atoms with van der Waals surface area (Å²) in [4.78, 5) is 23.7. The number of nitrogens with one attached hydrogen (secondary N) is 3. The number of carbonyl (C=O) groups excluding carboxylic acids is 2. The molecule has 1 aliphatic rings. The van der Waals surface area contributed by atoms with Crippen molar-refractivity contribution in [2.24, 2.45) is 5.92 Å². The second kappa shape index (κ2) is 8.54. The van der Waals surface area contributed by atoms with E-state index in [2.05, 4.69) is 22.9 Å². The Morgan fingerprint density at radius 1 is 1.27 bits per heavy atom. The molecule has 1 aromatic rings. The van der Waals surface area contributed by atoms with Gasteiger partial charge in [0.2, 0.25) is 5.91 Å². The summed E-state index contributed by atoms with van der Waals surface area (Å²) in [7, 11) is 0. The van der Waals surface area contributed by atoms with Gasteiger partial charge in [-0.1, -0.05) is 25.1 Å². The predicted octanol–water partition coefficient (Wildman–Crippen LogP) is 1.31. The van der Waals surface area contributed by atoms with Crippen LogP contribution in [-0.4, -0.2) is 37.5 Å². The van der Waals surface area contributed by atoms with Crippen LogP contribution in [0.25, 0.3) is 0 Å². The van der Waals surface area contributed by atoms with Crippen molar-refractivity contribution >= 4 is 11.8 Å². The van der Waals surface area contributed by atoms with Gasteiger partial charge in [-0.05, 0) is 37.4 Å².